The van der Waals surface area contributed by atoms with E-state index in [9.17, 15) is 0 Å². The predicted octanol–water partition coefficient (Wildman–Crippen LogP) is 4.58. The Balaban J connectivity index is 2.79. The van der Waals surface area contributed by atoms with E-state index in [-0.39, 0.29) is 0 Å². The van der Waals surface area contributed by atoms with E-state index in [0.717, 1.165) is 19.6 Å². The molecule has 0 saturated carbocycles. The van der Waals surface area contributed by atoms with Gasteiger partial charge in [0.1, 0.15) is 0 Å². The summed E-state index contributed by atoms with van der Waals surface area (Å²) >= 11 is 0. The maximum atomic E-state index is 3.72. The molecule has 0 bridgehead atoms. The first kappa shape index (κ1) is 18.2. The Morgan fingerprint density at radius 2 is 1.57 bits per heavy atom. The highest BCUT2D eigenvalue weighted by Crippen LogP contribution is 2.20. The molecule has 1 atom stereocenters. The highest BCUT2D eigenvalue weighted by molar-refractivity contribution is 5.27. The fraction of sp³-hybridized carbons (Fsp3) is 0.684. The minimum atomic E-state index is 0.442. The van der Waals surface area contributed by atoms with Crippen molar-refractivity contribution in [2.45, 2.75) is 59.4 Å². The van der Waals surface area contributed by atoms with Gasteiger partial charge in [0.2, 0.25) is 0 Å². The summed E-state index contributed by atoms with van der Waals surface area (Å²) in [6.45, 7) is 15.8. The summed E-state index contributed by atoms with van der Waals surface area (Å²) in [7, 11) is 0. The van der Waals surface area contributed by atoms with Crippen molar-refractivity contribution in [3.63, 3.8) is 0 Å². The van der Waals surface area contributed by atoms with Crippen molar-refractivity contribution < 1.29 is 0 Å². The Kier molecular flexibility index (Phi) is 8.63. The van der Waals surface area contributed by atoms with Crippen LogP contribution in [0.25, 0.3) is 0 Å². The molecule has 0 spiro atoms. The molecule has 1 aromatic rings. The number of nitrogens with zero attached hydrogens (tertiary/aromatic N) is 1. The number of hydrogen-bond donors (Lipinski definition) is 1. The molecule has 0 saturated heterocycles. The lowest BCUT2D eigenvalue weighted by Gasteiger charge is -2.27. The Hall–Kier alpha value is -0.860. The van der Waals surface area contributed by atoms with Gasteiger partial charge in [-0.25, -0.2) is 0 Å². The molecule has 21 heavy (non-hydrogen) atoms. The highest BCUT2D eigenvalue weighted by Gasteiger charge is 2.14. The zero-order valence-corrected chi connectivity index (χ0v) is 14.7. The van der Waals surface area contributed by atoms with Gasteiger partial charge in [0.05, 0.1) is 0 Å². The van der Waals surface area contributed by atoms with Crippen molar-refractivity contribution in [1.29, 1.82) is 0 Å². The van der Waals surface area contributed by atoms with Crippen molar-refractivity contribution in [2.24, 2.45) is 0 Å². The molecule has 2 nitrogen and oxygen atoms in total. The van der Waals surface area contributed by atoms with Crippen molar-refractivity contribution in [2.75, 3.05) is 26.2 Å². The highest BCUT2D eigenvalue weighted by atomic mass is 15.1. The van der Waals surface area contributed by atoms with Gasteiger partial charge >= 0.3 is 0 Å². The fourth-order valence-corrected chi connectivity index (χ4v) is 2.67. The van der Waals surface area contributed by atoms with Gasteiger partial charge in [0.15, 0.2) is 0 Å². The second kappa shape index (κ2) is 9.97. The first-order chi connectivity index (χ1) is 10.1. The minimum Gasteiger partial charge on any atom is -0.309 e. The lowest BCUT2D eigenvalue weighted by atomic mass is 9.98. The first-order valence-corrected chi connectivity index (χ1v) is 8.67. The van der Waals surface area contributed by atoms with Crippen LogP contribution in [0.4, 0.5) is 0 Å². The van der Waals surface area contributed by atoms with E-state index in [1.165, 1.54) is 30.5 Å². The SMILES string of the molecule is CCCNC(CN(CC)CCC)c1ccc(C(C)C)cc1. The average molecular weight is 290 g/mol. The summed E-state index contributed by atoms with van der Waals surface area (Å²) < 4.78 is 0. The largest absolute Gasteiger partial charge is 0.309 e. The maximum absolute atomic E-state index is 3.72. The van der Waals surface area contributed by atoms with Gasteiger partial charge in [0.25, 0.3) is 0 Å². The Morgan fingerprint density at radius 1 is 0.952 bits per heavy atom. The number of likely N-dealkylation sites (N-methyl/N-ethyl adjacent to an activating group) is 1. The molecule has 1 aromatic carbocycles. The lowest BCUT2D eigenvalue weighted by Crippen LogP contribution is -2.36. The molecule has 0 heterocycles. The number of nitrogens with one attached hydrogen (secondary N) is 1. The van der Waals surface area contributed by atoms with E-state index in [1.54, 1.807) is 0 Å². The third-order valence-electron chi connectivity index (χ3n) is 4.07. The van der Waals surface area contributed by atoms with Gasteiger partial charge in [-0.15, -0.1) is 0 Å². The van der Waals surface area contributed by atoms with Crippen LogP contribution in [0.1, 0.15) is 70.5 Å². The normalized spacial score (nSPS) is 13.1. The molecule has 0 radical (unpaired) electrons. The molecule has 0 amide bonds. The Morgan fingerprint density at radius 3 is 2.05 bits per heavy atom. The van der Waals surface area contributed by atoms with E-state index in [4.69, 9.17) is 0 Å². The molecule has 120 valence electrons. The van der Waals surface area contributed by atoms with Crippen LogP contribution in [0.15, 0.2) is 24.3 Å². The summed E-state index contributed by atoms with van der Waals surface area (Å²) in [6, 6.07) is 9.64. The molecule has 0 aliphatic carbocycles. The van der Waals surface area contributed by atoms with Crippen LogP contribution in [0, 0.1) is 0 Å². The fourth-order valence-electron chi connectivity index (χ4n) is 2.67. The molecular weight excluding hydrogens is 256 g/mol. The average Bonchev–Trinajstić information content (AvgIpc) is 2.50. The van der Waals surface area contributed by atoms with Gasteiger partial charge < -0.3 is 10.2 Å². The smallest absolute Gasteiger partial charge is 0.0449 e. The number of rotatable bonds is 10. The summed E-state index contributed by atoms with van der Waals surface area (Å²) in [5, 5.41) is 3.72. The molecular formula is C19H34N2. The standard InChI is InChI=1S/C19H34N2/c1-6-13-20-19(15-21(8-3)14-7-2)18-11-9-17(10-12-18)16(4)5/h9-12,16,19-20H,6-8,13-15H2,1-5H3. The molecule has 0 aliphatic rings. The molecule has 2 heteroatoms. The summed E-state index contributed by atoms with van der Waals surface area (Å²) in [5.74, 6) is 0.605. The molecule has 0 aliphatic heterocycles. The Labute approximate surface area is 131 Å². The molecule has 0 aromatic heterocycles. The molecule has 1 N–H and O–H groups in total. The van der Waals surface area contributed by atoms with Crippen molar-refractivity contribution >= 4 is 0 Å². The van der Waals surface area contributed by atoms with E-state index in [1.807, 2.05) is 0 Å². The summed E-state index contributed by atoms with van der Waals surface area (Å²) in [4.78, 5) is 2.55. The number of benzene rings is 1. The van der Waals surface area contributed by atoms with E-state index in [0.29, 0.717) is 12.0 Å². The topological polar surface area (TPSA) is 15.3 Å². The van der Waals surface area contributed by atoms with Crippen LogP contribution < -0.4 is 5.32 Å². The van der Waals surface area contributed by atoms with Crippen LogP contribution >= 0.6 is 0 Å². The summed E-state index contributed by atoms with van der Waals surface area (Å²) in [5.41, 5.74) is 2.84. The van der Waals surface area contributed by atoms with Crippen molar-refractivity contribution in [3.8, 4) is 0 Å². The van der Waals surface area contributed by atoms with Crippen LogP contribution in [-0.2, 0) is 0 Å². The van der Waals surface area contributed by atoms with Gasteiger partial charge in [-0.3, -0.25) is 0 Å². The summed E-state index contributed by atoms with van der Waals surface area (Å²) in [6.07, 6.45) is 2.40. The maximum Gasteiger partial charge on any atom is 0.0449 e. The third-order valence-corrected chi connectivity index (χ3v) is 4.07. The second-order valence-corrected chi connectivity index (χ2v) is 6.22. The third kappa shape index (κ3) is 6.19. The van der Waals surface area contributed by atoms with E-state index < -0.39 is 0 Å². The zero-order valence-electron chi connectivity index (χ0n) is 14.7. The van der Waals surface area contributed by atoms with E-state index >= 15 is 0 Å². The Bertz CT molecular complexity index is 370. The second-order valence-electron chi connectivity index (χ2n) is 6.22. The van der Waals surface area contributed by atoms with Crippen molar-refractivity contribution in [1.82, 2.24) is 10.2 Å². The van der Waals surface area contributed by atoms with Crippen LogP contribution in [0.2, 0.25) is 0 Å². The predicted molar refractivity (Wildman–Crippen MR) is 94.0 cm³/mol. The van der Waals surface area contributed by atoms with Gasteiger partial charge in [0, 0.05) is 12.6 Å². The van der Waals surface area contributed by atoms with Crippen LogP contribution in [-0.4, -0.2) is 31.1 Å². The number of hydrogen-bond acceptors (Lipinski definition) is 2. The van der Waals surface area contributed by atoms with Gasteiger partial charge in [-0.05, 0) is 49.5 Å². The van der Waals surface area contributed by atoms with Gasteiger partial charge in [-0.1, -0.05) is 58.9 Å². The van der Waals surface area contributed by atoms with Crippen LogP contribution in [0.3, 0.4) is 0 Å². The zero-order chi connectivity index (χ0) is 15.7. The first-order valence-electron chi connectivity index (χ1n) is 8.67. The minimum absolute atomic E-state index is 0.442. The molecule has 1 rings (SSSR count). The lowest BCUT2D eigenvalue weighted by molar-refractivity contribution is 0.254. The van der Waals surface area contributed by atoms with Crippen molar-refractivity contribution in [3.05, 3.63) is 35.4 Å². The van der Waals surface area contributed by atoms with Gasteiger partial charge in [-0.2, -0.15) is 0 Å². The van der Waals surface area contributed by atoms with Crippen LogP contribution in [0.5, 0.6) is 0 Å². The monoisotopic (exact) mass is 290 g/mol. The molecule has 1 unspecified atom stereocenters. The van der Waals surface area contributed by atoms with E-state index in [2.05, 4.69) is 69.1 Å². The molecule has 0 fully saturated rings. The quantitative estimate of drug-likeness (QED) is 0.678.